The first-order valence-corrected chi connectivity index (χ1v) is 13.5. The van der Waals surface area contributed by atoms with Gasteiger partial charge in [-0.25, -0.2) is 0 Å². The van der Waals surface area contributed by atoms with E-state index in [-0.39, 0.29) is 44.0 Å². The minimum absolute atomic E-state index is 0. The van der Waals surface area contributed by atoms with Gasteiger partial charge in [-0.3, -0.25) is 4.99 Å². The molecule has 0 atom stereocenters. The van der Waals surface area contributed by atoms with Gasteiger partial charge in [-0.05, 0) is 47.4 Å². The first-order chi connectivity index (χ1) is 17.3. The Kier molecular flexibility index (Phi) is 15.5. The number of amides is 3. The molecule has 2 rings (SSSR count). The van der Waals surface area contributed by atoms with Crippen LogP contribution in [0.1, 0.15) is 69.2 Å². The van der Waals surface area contributed by atoms with Gasteiger partial charge in [0.2, 0.25) is 0 Å². The van der Waals surface area contributed by atoms with Gasteiger partial charge in [-0.1, -0.05) is 68.6 Å². The number of hydrogen-bond donors (Lipinski definition) is 0. The number of carbonyl (C=O) groups is 3. The van der Waals surface area contributed by atoms with Gasteiger partial charge in [-0.2, -0.15) is 0 Å². The summed E-state index contributed by atoms with van der Waals surface area (Å²) in [6.07, 6.45) is 0. The SMILES string of the molecule is CC1(C)N=C([O-])C(C)(C)C(=O)[N-]C(C)(C)C(=O)[N-]c2cc(Cl)c(Cl)cc2[N-]C1=O.CC[N+](CC)(CC)CC.O.[Fe+3]. The van der Waals surface area contributed by atoms with Gasteiger partial charge in [0.05, 0.1) is 53.6 Å². The van der Waals surface area contributed by atoms with E-state index in [4.69, 9.17) is 23.2 Å². The number of halogens is 2. The molecule has 1 aliphatic heterocycles. The van der Waals surface area contributed by atoms with Crippen molar-refractivity contribution in [2.24, 2.45) is 10.4 Å². The Balaban J connectivity index is 0. The van der Waals surface area contributed by atoms with Crippen LogP contribution < -0.4 is 5.11 Å². The minimum atomic E-state index is -1.68. The number of aliphatic imine (C=N–C) groups is 1. The molecule has 1 aromatic rings. The maximum absolute atomic E-state index is 12.7. The molecule has 1 aliphatic rings. The van der Waals surface area contributed by atoms with Gasteiger partial charge < -0.3 is 45.4 Å². The van der Waals surface area contributed by atoms with Crippen molar-refractivity contribution < 1.29 is 46.5 Å². The van der Waals surface area contributed by atoms with E-state index in [1.807, 2.05) is 0 Å². The van der Waals surface area contributed by atoms with Gasteiger partial charge in [0, 0.05) is 11.3 Å². The van der Waals surface area contributed by atoms with Gasteiger partial charge >= 0.3 is 17.1 Å². The van der Waals surface area contributed by atoms with Crippen LogP contribution in [0.3, 0.4) is 0 Å². The van der Waals surface area contributed by atoms with Gasteiger partial charge in [-0.15, -0.1) is 11.4 Å². The van der Waals surface area contributed by atoms with E-state index in [0.29, 0.717) is 0 Å². The Labute approximate surface area is 259 Å². The summed E-state index contributed by atoms with van der Waals surface area (Å²) < 4.78 is 1.28. The average Bonchev–Trinajstić information content (AvgIpc) is 2.83. The number of nitrogens with zero attached hydrogens (tertiary/aromatic N) is 5. The largest absolute Gasteiger partial charge is 3.00 e. The van der Waals surface area contributed by atoms with Crippen LogP contribution in [0.2, 0.25) is 10.0 Å². The van der Waals surface area contributed by atoms with E-state index in [1.54, 1.807) is 0 Å². The number of quaternary nitrogens is 1. The summed E-state index contributed by atoms with van der Waals surface area (Å²) in [4.78, 5) is 42.0. The quantitative estimate of drug-likeness (QED) is 0.319. The number of carbonyl (C=O) groups excluding carboxylic acids is 3. The molecule has 0 saturated carbocycles. The molecule has 0 aromatic heterocycles. The minimum Gasteiger partial charge on any atom is -0.861 e. The normalized spacial score (nSPS) is 18.1. The van der Waals surface area contributed by atoms with Gasteiger partial charge in [0.25, 0.3) is 0 Å². The fourth-order valence-electron chi connectivity index (χ4n) is 3.51. The van der Waals surface area contributed by atoms with Crippen LogP contribution in [0, 0.1) is 5.41 Å². The van der Waals surface area contributed by atoms with Gasteiger partial charge in [0.1, 0.15) is 0 Å². The molecule has 1 aromatic carbocycles. The summed E-state index contributed by atoms with van der Waals surface area (Å²) in [5, 5.41) is 24.7. The third kappa shape index (κ3) is 9.60. The van der Waals surface area contributed by atoms with E-state index in [1.165, 1.54) is 84.3 Å². The number of benzene rings is 1. The Hall–Kier alpha value is -1.88. The Morgan fingerprint density at radius 2 is 1.15 bits per heavy atom. The summed E-state index contributed by atoms with van der Waals surface area (Å²) >= 11 is 12.0. The van der Waals surface area contributed by atoms with E-state index >= 15 is 0 Å². The molecule has 0 spiro atoms. The van der Waals surface area contributed by atoms with E-state index in [2.05, 4.69) is 48.6 Å². The van der Waals surface area contributed by atoms with E-state index < -0.39 is 40.1 Å². The standard InChI is InChI=1S/C19H24Cl2N4O4.C8H20N.Fe.H2O/c1-17(2)13(26)24-18(3,4)15(28)22-11-7-9(20)10(21)8-12(11)23-16(29)19(5,6)25-14(17)27;1-5-9(6-2,7-3)8-4;;/h7-8H,1-6H3,(H4,22,23,24,25,26,27,28,29);5-8H2,1-4H3;;1H2/q;+1;+3;/p-4. The summed E-state index contributed by atoms with van der Waals surface area (Å²) in [6, 6.07) is 2.56. The molecular formula is C27H42Cl2FeN5O5. The Morgan fingerprint density at radius 3 is 1.50 bits per heavy atom. The van der Waals surface area contributed by atoms with Crippen LogP contribution in [0.4, 0.5) is 11.4 Å². The van der Waals surface area contributed by atoms with Crippen molar-refractivity contribution in [1.82, 2.24) is 0 Å². The molecule has 0 bridgehead atoms. The van der Waals surface area contributed by atoms with Crippen molar-refractivity contribution in [3.05, 3.63) is 38.1 Å². The van der Waals surface area contributed by atoms with Crippen LogP contribution in [0.15, 0.2) is 17.1 Å². The molecule has 40 heavy (non-hydrogen) atoms. The van der Waals surface area contributed by atoms with Gasteiger partial charge in [0.15, 0.2) is 0 Å². The van der Waals surface area contributed by atoms with Crippen LogP contribution in [-0.2, 0) is 31.5 Å². The first-order valence-electron chi connectivity index (χ1n) is 12.7. The van der Waals surface area contributed by atoms with Crippen molar-refractivity contribution in [1.29, 1.82) is 0 Å². The summed E-state index contributed by atoms with van der Waals surface area (Å²) in [5.74, 6) is -3.28. The number of hydrogen-bond acceptors (Lipinski definition) is 5. The zero-order chi connectivity index (χ0) is 29.7. The second-order valence-corrected chi connectivity index (χ2v) is 11.6. The Bertz CT molecular complexity index is 1070. The maximum Gasteiger partial charge on any atom is 3.00 e. The topological polar surface area (TPSA) is 160 Å². The van der Waals surface area contributed by atoms with Crippen molar-refractivity contribution in [2.75, 3.05) is 26.2 Å². The summed E-state index contributed by atoms with van der Waals surface area (Å²) in [5.41, 5.74) is -4.87. The fraction of sp³-hybridized carbons (Fsp3) is 0.630. The molecule has 0 aliphatic carbocycles. The molecule has 0 unspecified atom stereocenters. The summed E-state index contributed by atoms with van der Waals surface area (Å²) in [7, 11) is 0. The van der Waals surface area contributed by atoms with Crippen LogP contribution in [-0.4, -0.2) is 70.8 Å². The molecule has 0 saturated heterocycles. The second-order valence-electron chi connectivity index (χ2n) is 10.8. The van der Waals surface area contributed by atoms with E-state index in [9.17, 15) is 19.5 Å². The predicted molar refractivity (Wildman–Crippen MR) is 156 cm³/mol. The zero-order valence-corrected chi connectivity index (χ0v) is 27.6. The maximum atomic E-state index is 12.7. The first kappa shape index (κ1) is 40.3. The molecule has 1 radical (unpaired) electrons. The van der Waals surface area contributed by atoms with Crippen molar-refractivity contribution in [2.45, 2.75) is 80.3 Å². The second kappa shape index (κ2) is 15.4. The molecule has 0 fully saturated rings. The molecule has 1 heterocycles. The number of rotatable bonds is 4. The average molecular weight is 643 g/mol. The monoisotopic (exact) mass is 642 g/mol. The van der Waals surface area contributed by atoms with Crippen molar-refractivity contribution in [3.63, 3.8) is 0 Å². The molecule has 13 heteroatoms. The van der Waals surface area contributed by atoms with Crippen LogP contribution in [0.5, 0.6) is 0 Å². The molecular weight excluding hydrogens is 601 g/mol. The Morgan fingerprint density at radius 1 is 0.775 bits per heavy atom. The third-order valence-corrected chi connectivity index (χ3v) is 7.75. The molecule has 3 amide bonds. The molecule has 10 nitrogen and oxygen atoms in total. The van der Waals surface area contributed by atoms with Crippen molar-refractivity contribution >= 4 is 58.2 Å². The zero-order valence-electron chi connectivity index (χ0n) is 25.0. The van der Waals surface area contributed by atoms with E-state index in [0.717, 1.165) is 0 Å². The smallest absolute Gasteiger partial charge is 0.861 e. The predicted octanol–water partition coefficient (Wildman–Crippen LogP) is 5.37. The van der Waals surface area contributed by atoms with Crippen LogP contribution >= 0.6 is 23.2 Å². The van der Waals surface area contributed by atoms with Crippen LogP contribution in [0.25, 0.3) is 16.0 Å². The third-order valence-electron chi connectivity index (χ3n) is 7.02. The molecule has 227 valence electrons. The summed E-state index contributed by atoms with van der Waals surface area (Å²) in [6.45, 7) is 22.4. The molecule has 2 N–H and O–H groups in total. The fourth-order valence-corrected chi connectivity index (χ4v) is 3.83. The number of fused-ring (bicyclic) bond motifs is 1. The van der Waals surface area contributed by atoms with Crippen molar-refractivity contribution in [3.8, 4) is 0 Å².